The number of imidazole rings is 1. The molecule has 108 valence electrons. The van der Waals surface area contributed by atoms with E-state index in [0.717, 1.165) is 31.8 Å². The van der Waals surface area contributed by atoms with Crippen molar-refractivity contribution in [3.63, 3.8) is 0 Å². The van der Waals surface area contributed by atoms with Crippen molar-refractivity contribution in [2.24, 2.45) is 0 Å². The molecule has 5 nitrogen and oxygen atoms in total. The fraction of sp³-hybridized carbons (Fsp3) is 0.786. The zero-order valence-electron chi connectivity index (χ0n) is 11.9. The standard InChI is InChI=1S/C14H24N2O3/c1-3-17-12(2)14-15-7-8-16(14)9-11-19-13-6-4-5-10-18-13/h7-8,12-13H,3-6,9-11H2,1-2H3/t12-,13-/m1/s1. The van der Waals surface area contributed by atoms with Crippen molar-refractivity contribution >= 4 is 0 Å². The summed E-state index contributed by atoms with van der Waals surface area (Å²) in [7, 11) is 0. The highest BCUT2D eigenvalue weighted by Gasteiger charge is 2.15. The smallest absolute Gasteiger partial charge is 0.157 e. The first kappa shape index (κ1) is 14.5. The summed E-state index contributed by atoms with van der Waals surface area (Å²) < 4.78 is 18.9. The lowest BCUT2D eigenvalue weighted by Gasteiger charge is -2.23. The van der Waals surface area contributed by atoms with Crippen LogP contribution in [-0.4, -0.2) is 35.7 Å². The summed E-state index contributed by atoms with van der Waals surface area (Å²) in [5, 5.41) is 0. The first-order chi connectivity index (χ1) is 9.31. The van der Waals surface area contributed by atoms with Crippen LogP contribution in [0, 0.1) is 0 Å². The van der Waals surface area contributed by atoms with Crippen molar-refractivity contribution in [1.82, 2.24) is 9.55 Å². The van der Waals surface area contributed by atoms with Crippen molar-refractivity contribution in [3.05, 3.63) is 18.2 Å². The molecule has 19 heavy (non-hydrogen) atoms. The van der Waals surface area contributed by atoms with Gasteiger partial charge in [0.25, 0.3) is 0 Å². The minimum Gasteiger partial charge on any atom is -0.371 e. The molecule has 1 fully saturated rings. The van der Waals surface area contributed by atoms with Gasteiger partial charge in [-0.05, 0) is 33.1 Å². The predicted molar refractivity (Wildman–Crippen MR) is 71.8 cm³/mol. The molecule has 0 aromatic carbocycles. The summed E-state index contributed by atoms with van der Waals surface area (Å²) >= 11 is 0. The van der Waals surface area contributed by atoms with Gasteiger partial charge in [0, 0.05) is 32.2 Å². The van der Waals surface area contributed by atoms with Gasteiger partial charge in [-0.2, -0.15) is 0 Å². The van der Waals surface area contributed by atoms with E-state index in [2.05, 4.69) is 9.55 Å². The average molecular weight is 268 g/mol. The second-order valence-corrected chi connectivity index (χ2v) is 4.74. The normalized spacial score (nSPS) is 21.5. The molecule has 0 amide bonds. The Morgan fingerprint density at radius 1 is 1.53 bits per heavy atom. The molecule has 2 heterocycles. The minimum atomic E-state index is -0.0231. The molecule has 0 N–H and O–H groups in total. The Hall–Kier alpha value is -0.910. The zero-order chi connectivity index (χ0) is 13.5. The zero-order valence-corrected chi connectivity index (χ0v) is 11.9. The van der Waals surface area contributed by atoms with Gasteiger partial charge in [-0.25, -0.2) is 4.98 Å². The van der Waals surface area contributed by atoms with Gasteiger partial charge in [-0.3, -0.25) is 0 Å². The molecule has 1 aliphatic rings. The number of hydrogen-bond donors (Lipinski definition) is 0. The van der Waals surface area contributed by atoms with Crippen LogP contribution in [-0.2, 0) is 20.8 Å². The lowest BCUT2D eigenvalue weighted by atomic mass is 10.2. The number of rotatable bonds is 7. The molecular weight excluding hydrogens is 244 g/mol. The molecule has 0 saturated carbocycles. The Bertz CT molecular complexity index is 361. The van der Waals surface area contributed by atoms with Gasteiger partial charge in [0.2, 0.25) is 0 Å². The number of hydrogen-bond acceptors (Lipinski definition) is 4. The number of nitrogens with zero attached hydrogens (tertiary/aromatic N) is 2. The van der Waals surface area contributed by atoms with E-state index in [9.17, 15) is 0 Å². The number of ether oxygens (including phenoxy) is 3. The predicted octanol–water partition coefficient (Wildman–Crippen LogP) is 2.52. The maximum atomic E-state index is 5.74. The van der Waals surface area contributed by atoms with Crippen molar-refractivity contribution in [2.45, 2.75) is 52.0 Å². The summed E-state index contributed by atoms with van der Waals surface area (Å²) in [6.07, 6.45) is 7.13. The van der Waals surface area contributed by atoms with Crippen LogP contribution in [0.2, 0.25) is 0 Å². The van der Waals surface area contributed by atoms with E-state index in [1.165, 1.54) is 6.42 Å². The van der Waals surface area contributed by atoms with E-state index in [1.807, 2.05) is 26.2 Å². The van der Waals surface area contributed by atoms with Crippen molar-refractivity contribution < 1.29 is 14.2 Å². The Morgan fingerprint density at radius 2 is 2.42 bits per heavy atom. The quantitative estimate of drug-likeness (QED) is 0.762. The van der Waals surface area contributed by atoms with Crippen LogP contribution in [0.1, 0.15) is 45.0 Å². The van der Waals surface area contributed by atoms with Gasteiger partial charge in [0.15, 0.2) is 6.29 Å². The highest BCUT2D eigenvalue weighted by atomic mass is 16.7. The van der Waals surface area contributed by atoms with Crippen LogP contribution in [0.15, 0.2) is 12.4 Å². The van der Waals surface area contributed by atoms with E-state index < -0.39 is 0 Å². The molecule has 1 saturated heterocycles. The third-order valence-electron chi connectivity index (χ3n) is 3.30. The largest absolute Gasteiger partial charge is 0.371 e. The Balaban J connectivity index is 1.77. The van der Waals surface area contributed by atoms with Gasteiger partial charge < -0.3 is 18.8 Å². The van der Waals surface area contributed by atoms with Gasteiger partial charge >= 0.3 is 0 Å². The van der Waals surface area contributed by atoms with E-state index in [0.29, 0.717) is 13.2 Å². The minimum absolute atomic E-state index is 0.0194. The SMILES string of the molecule is CCO[C@H](C)c1nccn1CCO[C@@H]1CCCCO1. The molecule has 5 heteroatoms. The average Bonchev–Trinajstić information content (AvgIpc) is 2.89. The van der Waals surface area contributed by atoms with Crippen LogP contribution in [0.25, 0.3) is 0 Å². The fourth-order valence-electron chi connectivity index (χ4n) is 2.32. The summed E-state index contributed by atoms with van der Waals surface area (Å²) in [5.41, 5.74) is 0. The molecule has 0 unspecified atom stereocenters. The second-order valence-electron chi connectivity index (χ2n) is 4.74. The third kappa shape index (κ3) is 4.30. The van der Waals surface area contributed by atoms with E-state index in [-0.39, 0.29) is 12.4 Å². The molecule has 0 bridgehead atoms. The monoisotopic (exact) mass is 268 g/mol. The van der Waals surface area contributed by atoms with Crippen molar-refractivity contribution in [3.8, 4) is 0 Å². The van der Waals surface area contributed by atoms with Crippen molar-refractivity contribution in [2.75, 3.05) is 19.8 Å². The molecule has 1 aromatic heterocycles. The van der Waals surface area contributed by atoms with Gasteiger partial charge in [0.1, 0.15) is 11.9 Å². The van der Waals surface area contributed by atoms with Crippen molar-refractivity contribution in [1.29, 1.82) is 0 Å². The summed E-state index contributed by atoms with van der Waals surface area (Å²) in [4.78, 5) is 4.35. The summed E-state index contributed by atoms with van der Waals surface area (Å²) in [6.45, 7) is 6.96. The summed E-state index contributed by atoms with van der Waals surface area (Å²) in [6, 6.07) is 0. The third-order valence-corrected chi connectivity index (χ3v) is 3.30. The maximum absolute atomic E-state index is 5.74. The highest BCUT2D eigenvalue weighted by Crippen LogP contribution is 2.16. The highest BCUT2D eigenvalue weighted by molar-refractivity contribution is 4.95. The van der Waals surface area contributed by atoms with E-state index >= 15 is 0 Å². The fourth-order valence-corrected chi connectivity index (χ4v) is 2.32. The van der Waals surface area contributed by atoms with E-state index in [4.69, 9.17) is 14.2 Å². The molecule has 2 atom stereocenters. The van der Waals surface area contributed by atoms with E-state index in [1.54, 1.807) is 0 Å². The lowest BCUT2D eigenvalue weighted by molar-refractivity contribution is -0.163. The topological polar surface area (TPSA) is 45.5 Å². The maximum Gasteiger partial charge on any atom is 0.157 e. The molecule has 1 aromatic rings. The molecular formula is C14H24N2O3. The Kier molecular flexibility index (Phi) is 5.82. The van der Waals surface area contributed by atoms with Crippen LogP contribution in [0.5, 0.6) is 0 Å². The first-order valence-corrected chi connectivity index (χ1v) is 7.17. The van der Waals surface area contributed by atoms with Gasteiger partial charge in [0.05, 0.1) is 6.61 Å². The summed E-state index contributed by atoms with van der Waals surface area (Å²) in [5.74, 6) is 0.954. The molecule has 1 aliphatic heterocycles. The molecule has 0 aliphatic carbocycles. The Morgan fingerprint density at radius 3 is 3.16 bits per heavy atom. The second kappa shape index (κ2) is 7.62. The molecule has 2 rings (SSSR count). The number of aromatic nitrogens is 2. The van der Waals surface area contributed by atoms with Crippen LogP contribution in [0.3, 0.4) is 0 Å². The molecule has 0 radical (unpaired) electrons. The van der Waals surface area contributed by atoms with Gasteiger partial charge in [-0.15, -0.1) is 0 Å². The Labute approximate surface area is 114 Å². The lowest BCUT2D eigenvalue weighted by Crippen LogP contribution is -2.24. The van der Waals surface area contributed by atoms with Crippen LogP contribution in [0.4, 0.5) is 0 Å². The van der Waals surface area contributed by atoms with Crippen LogP contribution < -0.4 is 0 Å². The first-order valence-electron chi connectivity index (χ1n) is 7.17. The van der Waals surface area contributed by atoms with Crippen LogP contribution >= 0.6 is 0 Å². The molecule has 0 spiro atoms. The van der Waals surface area contributed by atoms with Gasteiger partial charge in [-0.1, -0.05) is 0 Å².